The van der Waals surface area contributed by atoms with E-state index in [0.29, 0.717) is 18.5 Å². The fourth-order valence-electron chi connectivity index (χ4n) is 3.42. The van der Waals surface area contributed by atoms with Crippen molar-refractivity contribution in [3.8, 4) is 0 Å². The number of rotatable bonds is 7. The van der Waals surface area contributed by atoms with Gasteiger partial charge in [0.15, 0.2) is 0 Å². The minimum atomic E-state index is -0.666. The van der Waals surface area contributed by atoms with Crippen LogP contribution in [0.4, 0.5) is 0 Å². The predicted octanol–water partition coefficient (Wildman–Crippen LogP) is 2.33. The van der Waals surface area contributed by atoms with Gasteiger partial charge in [-0.05, 0) is 51.7 Å². The van der Waals surface area contributed by atoms with Crippen LogP contribution in [0.25, 0.3) is 0 Å². The van der Waals surface area contributed by atoms with Gasteiger partial charge in [0, 0.05) is 24.5 Å². The lowest BCUT2D eigenvalue weighted by atomic mass is 9.76. The van der Waals surface area contributed by atoms with Crippen LogP contribution in [0.1, 0.15) is 54.4 Å². The number of carbonyl (C=O) groups is 2. The Hall–Kier alpha value is -2.08. The summed E-state index contributed by atoms with van der Waals surface area (Å²) < 4.78 is 6.70. The van der Waals surface area contributed by atoms with Gasteiger partial charge >= 0.3 is 5.97 Å². The van der Waals surface area contributed by atoms with E-state index in [4.69, 9.17) is 4.74 Å². The van der Waals surface area contributed by atoms with Gasteiger partial charge in [-0.3, -0.25) is 4.79 Å². The number of esters is 1. The highest BCUT2D eigenvalue weighted by atomic mass is 16.5. The molecule has 1 heterocycles. The highest BCUT2D eigenvalue weighted by Crippen LogP contribution is 2.36. The Morgan fingerprint density at radius 2 is 2.16 bits per heavy atom. The molecule has 1 aromatic heterocycles. The van der Waals surface area contributed by atoms with Gasteiger partial charge in [0.1, 0.15) is 0 Å². The minimum Gasteiger partial charge on any atom is -0.465 e. The van der Waals surface area contributed by atoms with E-state index < -0.39 is 11.6 Å². The molecule has 0 bridgehead atoms. The summed E-state index contributed by atoms with van der Waals surface area (Å²) in [6.07, 6.45) is 4.42. The second-order valence-electron chi connectivity index (χ2n) is 6.99. The molecule has 25 heavy (non-hydrogen) atoms. The molecule has 1 amide bonds. The van der Waals surface area contributed by atoms with Crippen molar-refractivity contribution in [3.05, 3.63) is 35.7 Å². The second-order valence-corrected chi connectivity index (χ2v) is 6.99. The Morgan fingerprint density at radius 1 is 1.52 bits per heavy atom. The molecule has 1 saturated carbocycles. The van der Waals surface area contributed by atoms with Crippen LogP contribution < -0.4 is 0 Å². The molecular weight excluding hydrogens is 320 g/mol. The number of nitrogens with zero attached hydrogens (tertiary/aromatic N) is 2. The first kappa shape index (κ1) is 19.2. The zero-order valence-corrected chi connectivity index (χ0v) is 15.5. The monoisotopic (exact) mass is 348 g/mol. The molecule has 1 unspecified atom stereocenters. The first-order chi connectivity index (χ1) is 11.7. The zero-order chi connectivity index (χ0) is 18.8. The van der Waals surface area contributed by atoms with E-state index in [0.717, 1.165) is 30.7 Å². The fraction of sp³-hybridized carbons (Fsp3) is 0.579. The molecule has 6 heteroatoms. The van der Waals surface area contributed by atoms with Crippen molar-refractivity contribution in [1.82, 2.24) is 9.47 Å². The van der Waals surface area contributed by atoms with E-state index >= 15 is 0 Å². The Kier molecular flexibility index (Phi) is 5.72. The van der Waals surface area contributed by atoms with Crippen LogP contribution in [0.2, 0.25) is 0 Å². The zero-order valence-electron chi connectivity index (χ0n) is 15.5. The number of aromatic nitrogens is 1. The number of hydrogen-bond donors (Lipinski definition) is 1. The highest BCUT2D eigenvalue weighted by molar-refractivity contribution is 5.91. The topological polar surface area (TPSA) is 71.8 Å². The highest BCUT2D eigenvalue weighted by Gasteiger charge is 2.37. The van der Waals surface area contributed by atoms with Crippen LogP contribution in [0.5, 0.6) is 0 Å². The Labute approximate surface area is 149 Å². The van der Waals surface area contributed by atoms with Crippen molar-refractivity contribution in [3.63, 3.8) is 0 Å². The molecule has 1 fully saturated rings. The summed E-state index contributed by atoms with van der Waals surface area (Å²) in [6.45, 7) is 7.71. The average molecular weight is 348 g/mol. The van der Waals surface area contributed by atoms with E-state index in [1.165, 1.54) is 13.2 Å². The number of aliphatic hydroxyl groups is 1. The van der Waals surface area contributed by atoms with Gasteiger partial charge in [0.2, 0.25) is 5.91 Å². The lowest BCUT2D eigenvalue weighted by Gasteiger charge is -2.41. The van der Waals surface area contributed by atoms with E-state index in [9.17, 15) is 14.7 Å². The number of methoxy groups -OCH3 is 1. The quantitative estimate of drug-likeness (QED) is 0.606. The number of ether oxygens (including phenoxy) is 1. The van der Waals surface area contributed by atoms with Gasteiger partial charge in [-0.15, -0.1) is 0 Å². The van der Waals surface area contributed by atoms with E-state index in [1.54, 1.807) is 11.0 Å². The van der Waals surface area contributed by atoms with Gasteiger partial charge < -0.3 is 19.3 Å². The van der Waals surface area contributed by atoms with Gasteiger partial charge in [-0.25, -0.2) is 4.79 Å². The molecule has 1 atom stereocenters. The maximum Gasteiger partial charge on any atom is 0.339 e. The Bertz CT molecular complexity index is 673. The van der Waals surface area contributed by atoms with Crippen molar-refractivity contribution < 1.29 is 19.4 Å². The van der Waals surface area contributed by atoms with E-state index in [-0.39, 0.29) is 11.9 Å². The third-order valence-corrected chi connectivity index (χ3v) is 5.32. The van der Waals surface area contributed by atoms with E-state index in [1.807, 2.05) is 25.5 Å². The van der Waals surface area contributed by atoms with Crippen LogP contribution in [0, 0.1) is 6.92 Å². The summed E-state index contributed by atoms with van der Waals surface area (Å²) in [5, 5.41) is 10.4. The maximum atomic E-state index is 12.4. The summed E-state index contributed by atoms with van der Waals surface area (Å²) in [4.78, 5) is 25.9. The summed E-state index contributed by atoms with van der Waals surface area (Å²) in [6, 6.07) is 1.63. The second kappa shape index (κ2) is 7.44. The largest absolute Gasteiger partial charge is 0.465 e. The van der Waals surface area contributed by atoms with Crippen LogP contribution in [-0.4, -0.2) is 45.2 Å². The molecule has 0 spiro atoms. The summed E-state index contributed by atoms with van der Waals surface area (Å²) in [5.74, 6) is -0.577. The summed E-state index contributed by atoms with van der Waals surface area (Å²) in [7, 11) is 3.21. The third kappa shape index (κ3) is 3.95. The predicted molar refractivity (Wildman–Crippen MR) is 95.1 cm³/mol. The molecule has 138 valence electrons. The lowest BCUT2D eigenvalue weighted by Crippen LogP contribution is -2.46. The van der Waals surface area contributed by atoms with Gasteiger partial charge in [-0.2, -0.15) is 0 Å². The molecule has 1 aromatic rings. The molecule has 0 aromatic carbocycles. The molecule has 6 nitrogen and oxygen atoms in total. The smallest absolute Gasteiger partial charge is 0.339 e. The maximum absolute atomic E-state index is 12.4. The molecule has 0 saturated heterocycles. The SMILES string of the molecule is C=CC(=O)N(Cc1cc(C(=O)OC)c(C)n1C)C(C)CC1(O)CCC1. The molecule has 1 aliphatic rings. The summed E-state index contributed by atoms with van der Waals surface area (Å²) in [5.41, 5.74) is 1.45. The van der Waals surface area contributed by atoms with Crippen molar-refractivity contribution in [2.75, 3.05) is 7.11 Å². The number of amides is 1. The van der Waals surface area contributed by atoms with Gasteiger partial charge in [0.25, 0.3) is 0 Å². The van der Waals surface area contributed by atoms with Crippen LogP contribution in [0.15, 0.2) is 18.7 Å². The normalized spacial score (nSPS) is 16.7. The van der Waals surface area contributed by atoms with Crippen LogP contribution in [0.3, 0.4) is 0 Å². The standard InChI is InChI=1S/C19H28N2O4/c1-6-17(22)21(13(2)11-19(24)8-7-9-19)12-15-10-16(18(23)25-5)14(3)20(15)4/h6,10,13,24H,1,7-9,11-12H2,2-5H3. The molecule has 0 radical (unpaired) electrons. The molecule has 2 rings (SSSR count). The first-order valence-corrected chi connectivity index (χ1v) is 8.61. The third-order valence-electron chi connectivity index (χ3n) is 5.32. The molecular formula is C19H28N2O4. The van der Waals surface area contributed by atoms with Crippen molar-refractivity contribution in [2.45, 2.75) is 57.7 Å². The first-order valence-electron chi connectivity index (χ1n) is 8.61. The molecule has 1 N–H and O–H groups in total. The van der Waals surface area contributed by atoms with Gasteiger partial charge in [0.05, 0.1) is 24.8 Å². The van der Waals surface area contributed by atoms with Crippen molar-refractivity contribution in [1.29, 1.82) is 0 Å². The van der Waals surface area contributed by atoms with E-state index in [2.05, 4.69) is 6.58 Å². The molecule has 0 aliphatic heterocycles. The average Bonchev–Trinajstić information content (AvgIpc) is 2.84. The molecule has 1 aliphatic carbocycles. The number of carbonyl (C=O) groups excluding carboxylic acids is 2. The number of hydrogen-bond acceptors (Lipinski definition) is 4. The fourth-order valence-corrected chi connectivity index (χ4v) is 3.42. The van der Waals surface area contributed by atoms with Gasteiger partial charge in [-0.1, -0.05) is 6.58 Å². The minimum absolute atomic E-state index is 0.132. The lowest BCUT2D eigenvalue weighted by molar-refractivity contribution is -0.131. The Morgan fingerprint density at radius 3 is 2.64 bits per heavy atom. The van der Waals surface area contributed by atoms with Crippen LogP contribution >= 0.6 is 0 Å². The Balaban J connectivity index is 2.23. The summed E-state index contributed by atoms with van der Waals surface area (Å²) >= 11 is 0. The van der Waals surface area contributed by atoms with Crippen LogP contribution in [-0.2, 0) is 23.1 Å². The van der Waals surface area contributed by atoms with Crippen molar-refractivity contribution >= 4 is 11.9 Å². The van der Waals surface area contributed by atoms with Crippen molar-refractivity contribution in [2.24, 2.45) is 7.05 Å².